The lowest BCUT2D eigenvalue weighted by molar-refractivity contribution is 0.111. The Kier molecular flexibility index (Phi) is 7.08. The summed E-state index contributed by atoms with van der Waals surface area (Å²) in [6, 6.07) is 7.57. The molecule has 0 aliphatic rings. The Morgan fingerprint density at radius 3 is 2.04 bits per heavy atom. The van der Waals surface area contributed by atoms with Gasteiger partial charge in [0.25, 0.3) is 0 Å². The third-order valence-electron chi connectivity index (χ3n) is 2.79. The van der Waals surface area contributed by atoms with Crippen molar-refractivity contribution in [2.24, 2.45) is 0 Å². The molecule has 0 radical (unpaired) electrons. The van der Waals surface area contributed by atoms with Gasteiger partial charge in [-0.15, -0.1) is 0 Å². The Hall–Kier alpha value is -2.54. The number of phenolic OH excluding ortho intramolecular Hbond substituents is 2. The van der Waals surface area contributed by atoms with Gasteiger partial charge in [-0.2, -0.15) is 0 Å². The summed E-state index contributed by atoms with van der Waals surface area (Å²) in [6.45, 7) is 0. The maximum Gasteiger partial charge on any atom is 0.172 e. The number of carbonyl (C=O) groups excluding carboxylic acids is 2. The van der Waals surface area contributed by atoms with Crippen molar-refractivity contribution in [2.45, 2.75) is 0 Å². The molecule has 0 heterocycles. The van der Waals surface area contributed by atoms with E-state index in [4.69, 9.17) is 14.6 Å². The van der Waals surface area contributed by atoms with Crippen molar-refractivity contribution in [1.82, 2.24) is 0 Å². The number of aldehydes is 2. The highest BCUT2D eigenvalue weighted by atomic mass is 79.9. The van der Waals surface area contributed by atoms with Crippen LogP contribution in [-0.4, -0.2) is 37.0 Å². The van der Waals surface area contributed by atoms with Crippen LogP contribution in [-0.2, 0) is 0 Å². The molecule has 7 heteroatoms. The maximum atomic E-state index is 10.4. The first-order valence-corrected chi connectivity index (χ1v) is 7.10. The molecule has 2 N–H and O–H groups in total. The highest BCUT2D eigenvalue weighted by Gasteiger charge is 2.09. The fourth-order valence-corrected chi connectivity index (χ4v) is 2.02. The lowest BCUT2D eigenvalue weighted by Gasteiger charge is -2.05. The zero-order valence-corrected chi connectivity index (χ0v) is 14.0. The van der Waals surface area contributed by atoms with Crippen LogP contribution in [0.2, 0.25) is 0 Å². The number of halogens is 1. The number of rotatable bonds is 4. The van der Waals surface area contributed by atoms with Crippen LogP contribution in [0.4, 0.5) is 0 Å². The SMILES string of the molecule is COc1ccc(C=O)c(Br)c1O.COc1ccc(C=O)cc1O. The smallest absolute Gasteiger partial charge is 0.172 e. The van der Waals surface area contributed by atoms with E-state index in [1.807, 2.05) is 0 Å². The molecule has 23 heavy (non-hydrogen) atoms. The standard InChI is InChI=1S/C8H7BrO3.C8H8O3/c1-12-6-3-2-5(4-10)7(9)8(6)11;1-11-8-3-2-6(5-9)4-7(8)10/h2-4,11H,1H3;2-5,10H,1H3. The van der Waals surface area contributed by atoms with E-state index in [0.29, 0.717) is 39.7 Å². The van der Waals surface area contributed by atoms with Gasteiger partial charge < -0.3 is 19.7 Å². The molecule has 0 saturated carbocycles. The Bertz CT molecular complexity index is 699. The molecule has 2 rings (SSSR count). The highest BCUT2D eigenvalue weighted by Crippen LogP contribution is 2.35. The van der Waals surface area contributed by atoms with E-state index in [9.17, 15) is 14.7 Å². The van der Waals surface area contributed by atoms with Crippen LogP contribution in [0.5, 0.6) is 23.0 Å². The molecule has 2 aromatic carbocycles. The van der Waals surface area contributed by atoms with Crippen molar-refractivity contribution in [1.29, 1.82) is 0 Å². The van der Waals surface area contributed by atoms with Crippen LogP contribution in [0, 0.1) is 0 Å². The fraction of sp³-hybridized carbons (Fsp3) is 0.125. The molecular weight excluding hydrogens is 368 g/mol. The first kappa shape index (κ1) is 18.5. The summed E-state index contributed by atoms with van der Waals surface area (Å²) in [5.74, 6) is 0.641. The van der Waals surface area contributed by atoms with Crippen molar-refractivity contribution >= 4 is 28.5 Å². The summed E-state index contributed by atoms with van der Waals surface area (Å²) >= 11 is 3.07. The average Bonchev–Trinajstić information content (AvgIpc) is 2.57. The second-order valence-corrected chi connectivity index (χ2v) is 4.98. The second kappa shape index (κ2) is 8.79. The Balaban J connectivity index is 0.000000231. The van der Waals surface area contributed by atoms with Crippen LogP contribution < -0.4 is 9.47 Å². The quantitative estimate of drug-likeness (QED) is 0.788. The number of phenols is 2. The third kappa shape index (κ3) is 4.72. The molecule has 0 aromatic heterocycles. The monoisotopic (exact) mass is 382 g/mol. The van der Waals surface area contributed by atoms with E-state index in [1.54, 1.807) is 18.2 Å². The summed E-state index contributed by atoms with van der Waals surface area (Å²) in [6.07, 6.45) is 1.32. The molecule has 122 valence electrons. The molecule has 0 atom stereocenters. The number of ether oxygens (including phenoxy) is 2. The van der Waals surface area contributed by atoms with Gasteiger partial charge in [0.1, 0.15) is 6.29 Å². The lowest BCUT2D eigenvalue weighted by Crippen LogP contribution is -1.88. The van der Waals surface area contributed by atoms with E-state index in [2.05, 4.69) is 15.9 Å². The fourth-order valence-electron chi connectivity index (χ4n) is 1.60. The van der Waals surface area contributed by atoms with Gasteiger partial charge in [-0.25, -0.2) is 0 Å². The summed E-state index contributed by atoms with van der Waals surface area (Å²) in [5, 5.41) is 18.5. The molecule has 0 amide bonds. The largest absolute Gasteiger partial charge is 0.504 e. The van der Waals surface area contributed by atoms with Gasteiger partial charge in [0.05, 0.1) is 18.7 Å². The molecule has 0 aliphatic heterocycles. The number of carbonyl (C=O) groups is 2. The van der Waals surface area contributed by atoms with Gasteiger partial charge in [-0.3, -0.25) is 9.59 Å². The first-order valence-electron chi connectivity index (χ1n) is 6.31. The van der Waals surface area contributed by atoms with E-state index in [0.717, 1.165) is 0 Å². The van der Waals surface area contributed by atoms with Crippen molar-refractivity contribution in [2.75, 3.05) is 14.2 Å². The zero-order valence-electron chi connectivity index (χ0n) is 12.4. The van der Waals surface area contributed by atoms with Crippen LogP contribution in [0.15, 0.2) is 34.8 Å². The Labute approximate surface area is 141 Å². The van der Waals surface area contributed by atoms with Crippen LogP contribution in [0.1, 0.15) is 20.7 Å². The van der Waals surface area contributed by atoms with Crippen molar-refractivity contribution in [3.8, 4) is 23.0 Å². The van der Waals surface area contributed by atoms with Crippen molar-refractivity contribution in [3.05, 3.63) is 45.9 Å². The van der Waals surface area contributed by atoms with Gasteiger partial charge in [0, 0.05) is 11.1 Å². The van der Waals surface area contributed by atoms with Crippen LogP contribution in [0.3, 0.4) is 0 Å². The molecule has 0 fully saturated rings. The molecule has 6 nitrogen and oxygen atoms in total. The third-order valence-corrected chi connectivity index (χ3v) is 3.63. The van der Waals surface area contributed by atoms with Crippen LogP contribution in [0.25, 0.3) is 0 Å². The predicted molar refractivity (Wildman–Crippen MR) is 87.8 cm³/mol. The normalized spacial score (nSPS) is 9.35. The number of hydrogen-bond donors (Lipinski definition) is 2. The van der Waals surface area contributed by atoms with E-state index >= 15 is 0 Å². The Morgan fingerprint density at radius 1 is 0.957 bits per heavy atom. The van der Waals surface area contributed by atoms with Gasteiger partial charge in [0.15, 0.2) is 29.3 Å². The van der Waals surface area contributed by atoms with E-state index < -0.39 is 0 Å². The highest BCUT2D eigenvalue weighted by molar-refractivity contribution is 9.10. The van der Waals surface area contributed by atoms with Crippen molar-refractivity contribution in [3.63, 3.8) is 0 Å². The minimum atomic E-state index is -0.0536. The minimum absolute atomic E-state index is 0.0166. The molecular formula is C16H15BrO6. The lowest BCUT2D eigenvalue weighted by atomic mass is 10.2. The summed E-state index contributed by atoms with van der Waals surface area (Å²) in [4.78, 5) is 20.6. The zero-order chi connectivity index (χ0) is 17.4. The molecule has 0 saturated heterocycles. The molecule has 0 aliphatic carbocycles. The second-order valence-electron chi connectivity index (χ2n) is 4.19. The summed E-state index contributed by atoms with van der Waals surface area (Å²) in [7, 11) is 2.90. The van der Waals surface area contributed by atoms with Crippen molar-refractivity contribution < 1.29 is 29.3 Å². The van der Waals surface area contributed by atoms with E-state index in [-0.39, 0.29) is 11.5 Å². The van der Waals surface area contributed by atoms with Gasteiger partial charge in [-0.05, 0) is 46.3 Å². The first-order chi connectivity index (χ1) is 11.0. The maximum absolute atomic E-state index is 10.4. The minimum Gasteiger partial charge on any atom is -0.504 e. The van der Waals surface area contributed by atoms with Gasteiger partial charge in [0.2, 0.25) is 0 Å². The number of benzene rings is 2. The average molecular weight is 383 g/mol. The van der Waals surface area contributed by atoms with Gasteiger partial charge in [-0.1, -0.05) is 0 Å². The summed E-state index contributed by atoms with van der Waals surface area (Å²) < 4.78 is 9.97. The molecule has 0 bridgehead atoms. The number of methoxy groups -OCH3 is 2. The molecule has 2 aromatic rings. The summed E-state index contributed by atoms with van der Waals surface area (Å²) in [5.41, 5.74) is 0.830. The predicted octanol–water partition coefficient (Wildman–Crippen LogP) is 3.19. The van der Waals surface area contributed by atoms with Crippen LogP contribution >= 0.6 is 15.9 Å². The molecule has 0 unspecified atom stereocenters. The number of hydrogen-bond acceptors (Lipinski definition) is 6. The molecule has 0 spiro atoms. The Morgan fingerprint density at radius 2 is 1.57 bits per heavy atom. The topological polar surface area (TPSA) is 93.1 Å². The van der Waals surface area contributed by atoms with Gasteiger partial charge >= 0.3 is 0 Å². The number of aromatic hydroxyl groups is 2. The van der Waals surface area contributed by atoms with E-state index in [1.165, 1.54) is 26.4 Å².